The average Bonchev–Trinajstić information content (AvgIpc) is 2.79. The Morgan fingerprint density at radius 1 is 1.19 bits per heavy atom. The molecule has 2 amide bonds. The Hall–Kier alpha value is -2.97. The van der Waals surface area contributed by atoms with Gasteiger partial charge < -0.3 is 29.3 Å². The molecule has 2 aromatic rings. The Balaban J connectivity index is 1.47. The Labute approximate surface area is 185 Å². The molecule has 2 aliphatic rings. The first-order chi connectivity index (χ1) is 15.0. The number of hydrogen-bond acceptors (Lipinski definition) is 6. The van der Waals surface area contributed by atoms with Crippen molar-refractivity contribution in [3.05, 3.63) is 47.5 Å². The fourth-order valence-electron chi connectivity index (χ4n) is 3.69. The molecule has 1 saturated heterocycles. The fourth-order valence-corrected chi connectivity index (χ4v) is 3.95. The quantitative estimate of drug-likeness (QED) is 0.761. The van der Waals surface area contributed by atoms with Crippen LogP contribution in [0, 0.1) is 0 Å². The van der Waals surface area contributed by atoms with Crippen LogP contribution < -0.4 is 19.7 Å². The van der Waals surface area contributed by atoms with Crippen LogP contribution in [0.2, 0.25) is 5.02 Å². The second-order valence-corrected chi connectivity index (χ2v) is 7.70. The molecule has 0 saturated carbocycles. The molecule has 1 unspecified atom stereocenters. The van der Waals surface area contributed by atoms with E-state index in [1.54, 1.807) is 23.1 Å². The predicted octanol–water partition coefficient (Wildman–Crippen LogP) is 2.41. The standard InChI is InChI=1S/C22H24ClN3O5/c1-29-18-7-6-15(12-16(18)23)24-21(27)14-26-13-20(22(28)25-8-10-30-11-9-25)31-19-5-3-2-4-17(19)26/h2-7,12,20H,8-11,13-14H2,1H3,(H,24,27). The van der Waals surface area contributed by atoms with E-state index in [1.807, 2.05) is 29.2 Å². The number of carbonyl (C=O) groups is 2. The normalized spacial score (nSPS) is 18.1. The SMILES string of the molecule is COc1ccc(NC(=O)CN2CC(C(=O)N3CCOCC3)Oc3ccccc32)cc1Cl. The number of rotatable bonds is 5. The molecule has 9 heteroatoms. The lowest BCUT2D eigenvalue weighted by atomic mass is 10.1. The van der Waals surface area contributed by atoms with Crippen LogP contribution in [-0.4, -0.2) is 69.3 Å². The molecule has 2 aliphatic heterocycles. The van der Waals surface area contributed by atoms with Crippen LogP contribution in [0.25, 0.3) is 0 Å². The number of para-hydroxylation sites is 2. The molecule has 4 rings (SSSR count). The number of halogens is 1. The Kier molecular flexibility index (Phi) is 6.48. The van der Waals surface area contributed by atoms with Gasteiger partial charge in [-0.25, -0.2) is 0 Å². The van der Waals surface area contributed by atoms with E-state index in [-0.39, 0.29) is 24.9 Å². The smallest absolute Gasteiger partial charge is 0.265 e. The summed E-state index contributed by atoms with van der Waals surface area (Å²) in [5.41, 5.74) is 1.34. The zero-order valence-corrected chi connectivity index (χ0v) is 17.9. The van der Waals surface area contributed by atoms with Gasteiger partial charge in [0.25, 0.3) is 5.91 Å². The molecule has 31 heavy (non-hydrogen) atoms. The van der Waals surface area contributed by atoms with Crippen LogP contribution in [0.4, 0.5) is 11.4 Å². The average molecular weight is 446 g/mol. The number of carbonyl (C=O) groups excluding carboxylic acids is 2. The van der Waals surface area contributed by atoms with Crippen molar-refractivity contribution in [2.75, 3.05) is 56.7 Å². The molecule has 1 atom stereocenters. The number of nitrogens with one attached hydrogen (secondary N) is 1. The van der Waals surface area contributed by atoms with E-state index in [0.29, 0.717) is 48.5 Å². The van der Waals surface area contributed by atoms with Gasteiger partial charge in [0.1, 0.15) is 11.5 Å². The largest absolute Gasteiger partial charge is 0.495 e. The minimum atomic E-state index is -0.684. The van der Waals surface area contributed by atoms with Crippen LogP contribution in [0.15, 0.2) is 42.5 Å². The highest BCUT2D eigenvalue weighted by atomic mass is 35.5. The summed E-state index contributed by atoms with van der Waals surface area (Å²) >= 11 is 6.15. The number of fused-ring (bicyclic) bond motifs is 1. The van der Waals surface area contributed by atoms with Crippen molar-refractivity contribution in [3.63, 3.8) is 0 Å². The van der Waals surface area contributed by atoms with Crippen LogP contribution in [0.3, 0.4) is 0 Å². The highest BCUT2D eigenvalue weighted by Crippen LogP contribution is 2.33. The van der Waals surface area contributed by atoms with Gasteiger partial charge in [-0.2, -0.15) is 0 Å². The molecule has 0 radical (unpaired) electrons. The minimum absolute atomic E-state index is 0.0664. The number of ether oxygens (including phenoxy) is 3. The van der Waals surface area contributed by atoms with E-state index in [9.17, 15) is 9.59 Å². The van der Waals surface area contributed by atoms with Gasteiger partial charge in [-0.15, -0.1) is 0 Å². The highest BCUT2D eigenvalue weighted by Gasteiger charge is 2.34. The van der Waals surface area contributed by atoms with Crippen molar-refractivity contribution in [1.82, 2.24) is 4.90 Å². The lowest BCUT2D eigenvalue weighted by molar-refractivity contribution is -0.142. The number of methoxy groups -OCH3 is 1. The molecule has 0 bridgehead atoms. The monoisotopic (exact) mass is 445 g/mol. The third-order valence-electron chi connectivity index (χ3n) is 5.23. The maximum absolute atomic E-state index is 13.0. The summed E-state index contributed by atoms with van der Waals surface area (Å²) in [4.78, 5) is 29.3. The Morgan fingerprint density at radius 2 is 1.97 bits per heavy atom. The number of anilines is 2. The minimum Gasteiger partial charge on any atom is -0.495 e. The first-order valence-electron chi connectivity index (χ1n) is 10.1. The Morgan fingerprint density at radius 3 is 2.71 bits per heavy atom. The van der Waals surface area contributed by atoms with E-state index in [1.165, 1.54) is 7.11 Å². The van der Waals surface area contributed by atoms with Gasteiger partial charge in [-0.1, -0.05) is 23.7 Å². The summed E-state index contributed by atoms with van der Waals surface area (Å²) in [6, 6.07) is 12.5. The van der Waals surface area contributed by atoms with E-state index in [2.05, 4.69) is 5.32 Å². The van der Waals surface area contributed by atoms with E-state index < -0.39 is 6.10 Å². The molecule has 8 nitrogen and oxygen atoms in total. The highest BCUT2D eigenvalue weighted by molar-refractivity contribution is 6.32. The van der Waals surface area contributed by atoms with Gasteiger partial charge in [0.05, 0.1) is 44.1 Å². The third-order valence-corrected chi connectivity index (χ3v) is 5.52. The second kappa shape index (κ2) is 9.45. The summed E-state index contributed by atoms with van der Waals surface area (Å²) in [5, 5.41) is 3.26. The van der Waals surface area contributed by atoms with E-state index >= 15 is 0 Å². The first kappa shape index (κ1) is 21.3. The summed E-state index contributed by atoms with van der Waals surface area (Å²) in [6.45, 7) is 2.47. The summed E-state index contributed by atoms with van der Waals surface area (Å²) in [5.74, 6) is 0.799. The number of hydrogen-bond donors (Lipinski definition) is 1. The zero-order valence-electron chi connectivity index (χ0n) is 17.2. The summed E-state index contributed by atoms with van der Waals surface area (Å²) < 4.78 is 16.5. The Bertz CT molecular complexity index is 964. The molecule has 2 aromatic carbocycles. The van der Waals surface area contributed by atoms with Gasteiger partial charge in [0.2, 0.25) is 5.91 Å². The zero-order chi connectivity index (χ0) is 21.8. The van der Waals surface area contributed by atoms with Crippen LogP contribution in [-0.2, 0) is 14.3 Å². The van der Waals surface area contributed by atoms with Crippen molar-refractivity contribution < 1.29 is 23.8 Å². The van der Waals surface area contributed by atoms with Crippen LogP contribution in [0.5, 0.6) is 11.5 Å². The first-order valence-corrected chi connectivity index (χ1v) is 10.4. The molecule has 164 valence electrons. The molecule has 1 N–H and O–H groups in total. The molecule has 2 heterocycles. The van der Waals surface area contributed by atoms with Crippen molar-refractivity contribution in [1.29, 1.82) is 0 Å². The maximum atomic E-state index is 13.0. The van der Waals surface area contributed by atoms with Gasteiger partial charge in [-0.3, -0.25) is 9.59 Å². The number of benzene rings is 2. The molecule has 0 spiro atoms. The van der Waals surface area contributed by atoms with Crippen molar-refractivity contribution in [2.24, 2.45) is 0 Å². The molecule has 1 fully saturated rings. The number of nitrogens with zero attached hydrogens (tertiary/aromatic N) is 2. The molecule has 0 aromatic heterocycles. The summed E-state index contributed by atoms with van der Waals surface area (Å²) in [6.07, 6.45) is -0.684. The second-order valence-electron chi connectivity index (χ2n) is 7.29. The van der Waals surface area contributed by atoms with Crippen molar-refractivity contribution in [3.8, 4) is 11.5 Å². The van der Waals surface area contributed by atoms with Gasteiger partial charge >= 0.3 is 0 Å². The number of morpholine rings is 1. The van der Waals surface area contributed by atoms with Gasteiger partial charge in [-0.05, 0) is 30.3 Å². The fraction of sp³-hybridized carbons (Fsp3) is 0.364. The maximum Gasteiger partial charge on any atom is 0.265 e. The number of amides is 2. The van der Waals surface area contributed by atoms with E-state index in [0.717, 1.165) is 5.69 Å². The lowest BCUT2D eigenvalue weighted by Crippen LogP contribution is -2.53. The van der Waals surface area contributed by atoms with Crippen LogP contribution in [0.1, 0.15) is 0 Å². The van der Waals surface area contributed by atoms with Crippen molar-refractivity contribution in [2.45, 2.75) is 6.10 Å². The molecular formula is C22H24ClN3O5. The van der Waals surface area contributed by atoms with Crippen molar-refractivity contribution >= 4 is 34.8 Å². The molecule has 0 aliphatic carbocycles. The third kappa shape index (κ3) is 4.86. The summed E-state index contributed by atoms with van der Waals surface area (Å²) in [7, 11) is 1.53. The lowest BCUT2D eigenvalue weighted by Gasteiger charge is -2.38. The predicted molar refractivity (Wildman–Crippen MR) is 117 cm³/mol. The molecular weight excluding hydrogens is 422 g/mol. The van der Waals surface area contributed by atoms with Gasteiger partial charge in [0, 0.05) is 18.8 Å². The van der Waals surface area contributed by atoms with Crippen LogP contribution >= 0.6 is 11.6 Å². The van der Waals surface area contributed by atoms with E-state index in [4.69, 9.17) is 25.8 Å². The topological polar surface area (TPSA) is 80.3 Å². The van der Waals surface area contributed by atoms with Gasteiger partial charge in [0.15, 0.2) is 6.10 Å².